The Morgan fingerprint density at radius 1 is 0.193 bits per heavy atom. The molecule has 0 saturated heterocycles. The first-order valence-electron chi connectivity index (χ1n) is 40.7. The number of fused-ring (bicyclic) bond motifs is 13. The fraction of sp³-hybridized carbons (Fsp3) is 0.185. The third kappa shape index (κ3) is 8.85. The van der Waals surface area contributed by atoms with Crippen molar-refractivity contribution in [2.45, 2.75) is 75.0 Å². The van der Waals surface area contributed by atoms with Gasteiger partial charge in [0.25, 0.3) is 0 Å². The molecule has 0 unspecified atom stereocenters. The topological polar surface area (TPSA) is 4.93 Å². The number of aromatic nitrogens is 1. The van der Waals surface area contributed by atoms with E-state index in [2.05, 4.69) is 338 Å². The van der Waals surface area contributed by atoms with Crippen LogP contribution in [0.25, 0.3) is 160 Å². The van der Waals surface area contributed by atoms with E-state index in [4.69, 9.17) is 0 Å². The number of rotatable bonds is 7. The second kappa shape index (κ2) is 23.9. The quantitative estimate of drug-likeness (QED) is 0.140. The highest BCUT2D eigenvalue weighted by molar-refractivity contribution is 6.26. The van der Waals surface area contributed by atoms with E-state index >= 15 is 0 Å². The number of para-hydroxylation sites is 2. The van der Waals surface area contributed by atoms with Crippen molar-refractivity contribution in [1.82, 2.24) is 4.57 Å². The fourth-order valence-corrected chi connectivity index (χ4v) is 25.7. The molecular formula is C108H83N. The smallest absolute Gasteiger partial charge is 0.0541 e. The number of hydrogen-bond acceptors (Lipinski definition) is 0. The van der Waals surface area contributed by atoms with Gasteiger partial charge in [-0.05, 0) is 302 Å². The van der Waals surface area contributed by atoms with Crippen LogP contribution in [0.1, 0.15) is 86.5 Å². The van der Waals surface area contributed by atoms with E-state index in [1.54, 1.807) is 22.3 Å². The predicted molar refractivity (Wildman–Crippen MR) is 456 cm³/mol. The first-order valence-corrected chi connectivity index (χ1v) is 40.7. The van der Waals surface area contributed by atoms with E-state index in [1.807, 2.05) is 0 Å². The molecule has 0 N–H and O–H groups in total. The lowest BCUT2D eigenvalue weighted by atomic mass is 9.43. The summed E-state index contributed by atoms with van der Waals surface area (Å²) in [7, 11) is 0. The molecule has 8 saturated carbocycles. The molecule has 1 heterocycles. The van der Waals surface area contributed by atoms with E-state index < -0.39 is 0 Å². The Morgan fingerprint density at radius 2 is 0.541 bits per heavy atom. The molecule has 520 valence electrons. The lowest BCUT2D eigenvalue weighted by Crippen LogP contribution is -2.55. The summed E-state index contributed by atoms with van der Waals surface area (Å²) < 4.78 is 2.41. The Bertz CT molecular complexity index is 6450. The van der Waals surface area contributed by atoms with Gasteiger partial charge in [-0.25, -0.2) is 0 Å². The summed E-state index contributed by atoms with van der Waals surface area (Å²) in [6.45, 7) is 0. The minimum Gasteiger partial charge on any atom is -0.309 e. The molecule has 8 bridgehead atoms. The van der Waals surface area contributed by atoms with Gasteiger partial charge in [0, 0.05) is 27.3 Å². The standard InChI is InChI=1S/C54H41N.C54H42/c1-2-13-38(14-3-1)55-49-24-11-9-15-39(49)46-32-35(25-26-50(46)55)51-40-16-4-6-18-42(40)52(43-19-7-5-17-41(43)51)45-21-12-23-48-53(45)44-20-8-10-22-47(44)54(48)36-28-33-27-34(30-36)31-37(54)29-33;1-3-14-36(15-4-1)38-26-27-45(48(33-38)37-16-5-2-6-17-37)51-41-18-7-9-20-43(41)52(44-21-10-8-19-42(44)51)47-23-13-25-50-53(47)46-22-11-12-24-49(46)54(50)39-29-34-28-35(31-39)32-40(54)30-34/h1-26,32-34,36-37H,27-31H2;1-27,33-35,39-40H,28-32H2. The lowest BCUT2D eigenvalue weighted by molar-refractivity contribution is -0.0399. The maximum Gasteiger partial charge on any atom is 0.0541 e. The van der Waals surface area contributed by atoms with Crippen molar-refractivity contribution in [2.24, 2.45) is 47.3 Å². The summed E-state index contributed by atoms with van der Waals surface area (Å²) in [4.78, 5) is 0. The Kier molecular flexibility index (Phi) is 13.7. The molecule has 1 heteroatoms. The summed E-state index contributed by atoms with van der Waals surface area (Å²) in [5, 5.41) is 13.1. The summed E-state index contributed by atoms with van der Waals surface area (Å²) in [5.41, 5.74) is 32.1. The van der Waals surface area contributed by atoms with Gasteiger partial charge in [-0.15, -0.1) is 0 Å². The van der Waals surface area contributed by atoms with Crippen LogP contribution in [0.2, 0.25) is 0 Å². The minimum absolute atomic E-state index is 0.145. The summed E-state index contributed by atoms with van der Waals surface area (Å²) >= 11 is 0. The average Bonchev–Trinajstić information content (AvgIpc) is 1.53. The van der Waals surface area contributed by atoms with E-state index in [-0.39, 0.29) is 10.8 Å². The van der Waals surface area contributed by atoms with Crippen LogP contribution in [0, 0.1) is 47.3 Å². The first-order chi connectivity index (χ1) is 54.0. The number of benzene rings is 16. The van der Waals surface area contributed by atoms with Crippen molar-refractivity contribution < 1.29 is 0 Å². The van der Waals surface area contributed by atoms with E-state index in [1.165, 1.54) is 224 Å². The average molecular weight is 1390 g/mol. The zero-order valence-electron chi connectivity index (χ0n) is 61.4. The lowest BCUT2D eigenvalue weighted by Gasteiger charge is -2.61. The van der Waals surface area contributed by atoms with Crippen LogP contribution in [0.15, 0.2) is 334 Å². The van der Waals surface area contributed by atoms with Gasteiger partial charge < -0.3 is 4.57 Å². The van der Waals surface area contributed by atoms with Crippen LogP contribution in [-0.2, 0) is 10.8 Å². The molecule has 0 atom stereocenters. The maximum absolute atomic E-state index is 2.54. The van der Waals surface area contributed by atoms with Gasteiger partial charge in [-0.1, -0.05) is 297 Å². The number of nitrogens with zero attached hydrogens (tertiary/aromatic N) is 1. The molecule has 16 aromatic carbocycles. The molecule has 1 nitrogen and oxygen atoms in total. The Hall–Kier alpha value is -11.6. The first kappa shape index (κ1) is 62.4. The van der Waals surface area contributed by atoms with Crippen molar-refractivity contribution in [3.63, 3.8) is 0 Å². The molecule has 1 aromatic heterocycles. The normalized spacial score (nSPS) is 23.3. The van der Waals surface area contributed by atoms with E-state index in [0.29, 0.717) is 0 Å². The van der Waals surface area contributed by atoms with Gasteiger partial charge in [0.05, 0.1) is 11.0 Å². The van der Waals surface area contributed by atoms with Crippen molar-refractivity contribution in [2.75, 3.05) is 0 Å². The van der Waals surface area contributed by atoms with Gasteiger partial charge >= 0.3 is 0 Å². The van der Waals surface area contributed by atoms with Crippen molar-refractivity contribution in [1.29, 1.82) is 0 Å². The molecule has 10 aliphatic carbocycles. The van der Waals surface area contributed by atoms with Crippen molar-refractivity contribution >= 4 is 64.9 Å². The highest BCUT2D eigenvalue weighted by Gasteiger charge is 2.63. The molecule has 0 aliphatic heterocycles. The Morgan fingerprint density at radius 3 is 1.01 bits per heavy atom. The molecule has 0 radical (unpaired) electrons. The third-order valence-electron chi connectivity index (χ3n) is 29.0. The van der Waals surface area contributed by atoms with Gasteiger partial charge in [-0.2, -0.15) is 0 Å². The van der Waals surface area contributed by atoms with Gasteiger partial charge in [0.2, 0.25) is 0 Å². The molecule has 2 spiro atoms. The highest BCUT2D eigenvalue weighted by Crippen LogP contribution is 2.72. The van der Waals surface area contributed by atoms with E-state index in [0.717, 1.165) is 47.3 Å². The van der Waals surface area contributed by atoms with Crippen molar-refractivity contribution in [3.05, 3.63) is 356 Å². The second-order valence-electron chi connectivity index (χ2n) is 34.0. The van der Waals surface area contributed by atoms with Gasteiger partial charge in [-0.3, -0.25) is 0 Å². The highest BCUT2D eigenvalue weighted by atomic mass is 15.0. The zero-order valence-corrected chi connectivity index (χ0v) is 61.4. The SMILES string of the molecule is c1ccc(-c2ccc(-c3c4ccccc4c(-c4cccc5c4-c4ccccc4C54C5CC6CC(C5)CC4C6)c4ccccc34)c(-c3ccccc3)c2)cc1.c1ccc(-n2c3ccccc3c3cc(-c4c5ccccc5c(-c5cccc6c5-c5ccccc5C65C6CC7CC(C6)CC5C7)c5ccccc45)ccc32)cc1. The third-order valence-corrected chi connectivity index (χ3v) is 29.0. The molecule has 17 aromatic rings. The van der Waals surface area contributed by atoms with Crippen LogP contribution in [-0.4, -0.2) is 4.57 Å². The van der Waals surface area contributed by atoms with Crippen LogP contribution in [0.3, 0.4) is 0 Å². The van der Waals surface area contributed by atoms with E-state index in [9.17, 15) is 0 Å². The Labute approximate surface area is 638 Å². The second-order valence-corrected chi connectivity index (χ2v) is 34.0. The van der Waals surface area contributed by atoms with Crippen LogP contribution in [0.5, 0.6) is 0 Å². The summed E-state index contributed by atoms with van der Waals surface area (Å²) in [5.74, 6) is 6.72. The zero-order chi connectivity index (χ0) is 71.2. The molecule has 27 rings (SSSR count). The van der Waals surface area contributed by atoms with Gasteiger partial charge in [0.1, 0.15) is 0 Å². The largest absolute Gasteiger partial charge is 0.309 e. The van der Waals surface area contributed by atoms with Gasteiger partial charge in [0.15, 0.2) is 0 Å². The summed E-state index contributed by atoms with van der Waals surface area (Å²) in [6.07, 6.45) is 14.2. The fourth-order valence-electron chi connectivity index (χ4n) is 25.7. The minimum atomic E-state index is 0.145. The molecule has 109 heavy (non-hydrogen) atoms. The maximum atomic E-state index is 2.54. The molecule has 10 aliphatic rings. The number of hydrogen-bond donors (Lipinski definition) is 0. The van der Waals surface area contributed by atoms with Crippen molar-refractivity contribution in [3.8, 4) is 94.7 Å². The molecule has 0 amide bonds. The van der Waals surface area contributed by atoms with Crippen LogP contribution in [0.4, 0.5) is 0 Å². The van der Waals surface area contributed by atoms with Crippen LogP contribution < -0.4 is 0 Å². The molecule has 8 fully saturated rings. The van der Waals surface area contributed by atoms with Crippen LogP contribution >= 0.6 is 0 Å². The summed E-state index contributed by atoms with van der Waals surface area (Å²) in [6, 6.07) is 127. The Balaban J connectivity index is 0.000000128. The predicted octanol–water partition coefficient (Wildman–Crippen LogP) is 28.5. The molecular weight excluding hydrogens is 1310 g/mol. The monoisotopic (exact) mass is 1390 g/mol.